The lowest BCUT2D eigenvalue weighted by Gasteiger charge is -2.16. The van der Waals surface area contributed by atoms with Gasteiger partial charge in [-0.2, -0.15) is 0 Å². The third-order valence-electron chi connectivity index (χ3n) is 2.19. The van der Waals surface area contributed by atoms with E-state index in [1.54, 1.807) is 0 Å². The molecule has 1 aromatic carbocycles. The van der Waals surface area contributed by atoms with E-state index in [0.717, 1.165) is 28.6 Å². The van der Waals surface area contributed by atoms with Gasteiger partial charge in [0.2, 0.25) is 0 Å². The molecule has 0 heterocycles. The number of halogens is 2. The zero-order valence-electron chi connectivity index (χ0n) is 9.09. The lowest BCUT2D eigenvalue weighted by molar-refractivity contribution is 0.208. The van der Waals surface area contributed by atoms with Crippen LogP contribution in [-0.4, -0.2) is 6.10 Å². The Kier molecular flexibility index (Phi) is 5.48. The molecule has 0 amide bonds. The summed E-state index contributed by atoms with van der Waals surface area (Å²) < 4.78 is 6.86. The smallest absolute Gasteiger partial charge is 0.124 e. The number of alkyl halides is 1. The minimum absolute atomic E-state index is 0.248. The monoisotopic (exact) mass is 290 g/mol. The third-order valence-corrected chi connectivity index (χ3v) is 2.97. The van der Waals surface area contributed by atoms with Gasteiger partial charge in [0.25, 0.3) is 0 Å². The van der Waals surface area contributed by atoms with Crippen LogP contribution in [0.1, 0.15) is 32.3 Å². The van der Waals surface area contributed by atoms with Crippen LogP contribution in [0.5, 0.6) is 5.75 Å². The van der Waals surface area contributed by atoms with Crippen LogP contribution in [0.3, 0.4) is 0 Å². The van der Waals surface area contributed by atoms with Crippen LogP contribution in [0, 0.1) is 0 Å². The first-order chi connectivity index (χ1) is 7.17. The molecule has 0 fully saturated rings. The first kappa shape index (κ1) is 12.9. The molecule has 0 aromatic heterocycles. The second-order valence-corrected chi connectivity index (χ2v) is 4.79. The molecule has 0 aliphatic carbocycles. The van der Waals surface area contributed by atoms with Crippen LogP contribution in [0.2, 0.25) is 0 Å². The molecule has 1 rings (SSSR count). The van der Waals surface area contributed by atoms with Gasteiger partial charge in [-0.05, 0) is 31.5 Å². The Labute approximate surface area is 105 Å². The summed E-state index contributed by atoms with van der Waals surface area (Å²) in [5.74, 6) is 1.38. The maximum atomic E-state index is 5.86. The average Bonchev–Trinajstić information content (AvgIpc) is 2.21. The van der Waals surface area contributed by atoms with Gasteiger partial charge in [-0.15, -0.1) is 11.6 Å². The van der Waals surface area contributed by atoms with Crippen LogP contribution >= 0.6 is 27.5 Å². The van der Waals surface area contributed by atoms with E-state index in [4.69, 9.17) is 16.3 Å². The van der Waals surface area contributed by atoms with Gasteiger partial charge in [0.1, 0.15) is 5.75 Å². The highest BCUT2D eigenvalue weighted by Gasteiger charge is 2.07. The normalized spacial score (nSPS) is 12.5. The van der Waals surface area contributed by atoms with E-state index in [1.807, 2.05) is 18.2 Å². The van der Waals surface area contributed by atoms with Crippen molar-refractivity contribution in [3.63, 3.8) is 0 Å². The number of hydrogen-bond acceptors (Lipinski definition) is 1. The Bertz CT molecular complexity index is 314. The molecule has 0 N–H and O–H groups in total. The Morgan fingerprint density at radius 2 is 2.20 bits per heavy atom. The second kappa shape index (κ2) is 6.39. The largest absolute Gasteiger partial charge is 0.490 e. The van der Waals surface area contributed by atoms with Crippen molar-refractivity contribution in [1.82, 2.24) is 0 Å². The summed E-state index contributed by atoms with van der Waals surface area (Å²) in [7, 11) is 0. The van der Waals surface area contributed by atoms with Gasteiger partial charge >= 0.3 is 0 Å². The standard InChI is InChI=1S/C12H16BrClO/c1-3-4-9(2)15-12-6-5-11(13)7-10(12)8-14/h5-7,9H,3-4,8H2,1-2H3. The molecule has 0 spiro atoms. The summed E-state index contributed by atoms with van der Waals surface area (Å²) in [6, 6.07) is 5.94. The zero-order valence-corrected chi connectivity index (χ0v) is 11.4. The molecule has 0 saturated heterocycles. The van der Waals surface area contributed by atoms with E-state index in [2.05, 4.69) is 29.8 Å². The molecule has 0 bridgehead atoms. The number of rotatable bonds is 5. The Balaban J connectivity index is 2.75. The Morgan fingerprint density at radius 1 is 1.47 bits per heavy atom. The predicted molar refractivity (Wildman–Crippen MR) is 68.7 cm³/mol. The van der Waals surface area contributed by atoms with Gasteiger partial charge in [-0.25, -0.2) is 0 Å². The fourth-order valence-electron chi connectivity index (χ4n) is 1.45. The zero-order chi connectivity index (χ0) is 11.3. The lowest BCUT2D eigenvalue weighted by Crippen LogP contribution is -2.11. The maximum Gasteiger partial charge on any atom is 0.124 e. The predicted octanol–water partition coefficient (Wildman–Crippen LogP) is 4.76. The molecule has 0 aliphatic rings. The van der Waals surface area contributed by atoms with Gasteiger partial charge < -0.3 is 4.74 Å². The molecule has 0 aliphatic heterocycles. The molecule has 15 heavy (non-hydrogen) atoms. The fourth-order valence-corrected chi connectivity index (χ4v) is 2.07. The van der Waals surface area contributed by atoms with Crippen molar-refractivity contribution in [3.05, 3.63) is 28.2 Å². The molecule has 1 unspecified atom stereocenters. The summed E-state index contributed by atoms with van der Waals surface area (Å²) >= 11 is 9.28. The van der Waals surface area contributed by atoms with Crippen LogP contribution in [0.15, 0.2) is 22.7 Å². The first-order valence-corrected chi connectivity index (χ1v) is 6.51. The second-order valence-electron chi connectivity index (χ2n) is 3.60. The fraction of sp³-hybridized carbons (Fsp3) is 0.500. The van der Waals surface area contributed by atoms with Crippen LogP contribution in [0.4, 0.5) is 0 Å². The molecular formula is C12H16BrClO. The Hall–Kier alpha value is -0.210. The van der Waals surface area contributed by atoms with E-state index in [1.165, 1.54) is 0 Å². The van der Waals surface area contributed by atoms with Gasteiger partial charge in [0.15, 0.2) is 0 Å². The number of hydrogen-bond donors (Lipinski definition) is 0. The third kappa shape index (κ3) is 4.04. The van der Waals surface area contributed by atoms with Gasteiger partial charge in [-0.1, -0.05) is 29.3 Å². The maximum absolute atomic E-state index is 5.86. The SMILES string of the molecule is CCCC(C)Oc1ccc(Br)cc1CCl. The molecule has 1 atom stereocenters. The quantitative estimate of drug-likeness (QED) is 0.711. The highest BCUT2D eigenvalue weighted by molar-refractivity contribution is 9.10. The van der Waals surface area contributed by atoms with Crippen molar-refractivity contribution in [2.24, 2.45) is 0 Å². The van der Waals surface area contributed by atoms with Crippen molar-refractivity contribution < 1.29 is 4.74 Å². The summed E-state index contributed by atoms with van der Waals surface area (Å²) in [6.07, 6.45) is 2.45. The molecule has 1 nitrogen and oxygen atoms in total. The van der Waals surface area contributed by atoms with Gasteiger partial charge in [0, 0.05) is 10.0 Å². The highest BCUT2D eigenvalue weighted by atomic mass is 79.9. The van der Waals surface area contributed by atoms with E-state index in [0.29, 0.717) is 5.88 Å². The van der Waals surface area contributed by atoms with Crippen molar-refractivity contribution in [2.75, 3.05) is 0 Å². The lowest BCUT2D eigenvalue weighted by atomic mass is 10.2. The molecule has 1 aromatic rings. The molecule has 0 saturated carbocycles. The summed E-state index contributed by atoms with van der Waals surface area (Å²) in [6.45, 7) is 4.24. The summed E-state index contributed by atoms with van der Waals surface area (Å²) in [4.78, 5) is 0. The minimum atomic E-state index is 0.248. The highest BCUT2D eigenvalue weighted by Crippen LogP contribution is 2.26. The van der Waals surface area contributed by atoms with Crippen molar-refractivity contribution >= 4 is 27.5 Å². The summed E-state index contributed by atoms with van der Waals surface area (Å²) in [5.41, 5.74) is 1.04. The van der Waals surface area contributed by atoms with E-state index < -0.39 is 0 Å². The Morgan fingerprint density at radius 3 is 2.80 bits per heavy atom. The van der Waals surface area contributed by atoms with Gasteiger partial charge in [-0.3, -0.25) is 0 Å². The number of ether oxygens (including phenoxy) is 1. The van der Waals surface area contributed by atoms with E-state index in [-0.39, 0.29) is 6.10 Å². The molecule has 3 heteroatoms. The summed E-state index contributed by atoms with van der Waals surface area (Å²) in [5, 5.41) is 0. The van der Waals surface area contributed by atoms with Crippen molar-refractivity contribution in [3.8, 4) is 5.75 Å². The topological polar surface area (TPSA) is 9.23 Å². The first-order valence-electron chi connectivity index (χ1n) is 5.18. The van der Waals surface area contributed by atoms with Crippen LogP contribution in [-0.2, 0) is 5.88 Å². The molecular weight excluding hydrogens is 275 g/mol. The van der Waals surface area contributed by atoms with E-state index >= 15 is 0 Å². The van der Waals surface area contributed by atoms with Crippen LogP contribution < -0.4 is 4.74 Å². The minimum Gasteiger partial charge on any atom is -0.490 e. The average molecular weight is 292 g/mol. The molecule has 84 valence electrons. The molecule has 0 radical (unpaired) electrons. The van der Waals surface area contributed by atoms with Crippen LogP contribution in [0.25, 0.3) is 0 Å². The van der Waals surface area contributed by atoms with Gasteiger partial charge in [0.05, 0.1) is 12.0 Å². The van der Waals surface area contributed by atoms with Crippen molar-refractivity contribution in [1.29, 1.82) is 0 Å². The van der Waals surface area contributed by atoms with E-state index in [9.17, 15) is 0 Å². The van der Waals surface area contributed by atoms with Crippen molar-refractivity contribution in [2.45, 2.75) is 38.7 Å². The number of benzene rings is 1.